The average Bonchev–Trinajstić information content (AvgIpc) is 3.08. The molecule has 4 heteroatoms. The second kappa shape index (κ2) is 10.1. The van der Waals surface area contributed by atoms with Crippen LogP contribution in [0.2, 0.25) is 0 Å². The first-order chi connectivity index (χ1) is 17.2. The van der Waals surface area contributed by atoms with Crippen molar-refractivity contribution in [2.24, 2.45) is 0 Å². The van der Waals surface area contributed by atoms with Gasteiger partial charge in [0.2, 0.25) is 5.91 Å². The molecule has 1 aliphatic carbocycles. The lowest BCUT2D eigenvalue weighted by molar-refractivity contribution is -0.126. The molecule has 2 aliphatic rings. The van der Waals surface area contributed by atoms with Gasteiger partial charge in [-0.3, -0.25) is 4.79 Å². The van der Waals surface area contributed by atoms with Gasteiger partial charge < -0.3 is 14.4 Å². The summed E-state index contributed by atoms with van der Waals surface area (Å²) < 4.78 is 10.7. The van der Waals surface area contributed by atoms with Crippen LogP contribution < -0.4 is 9.47 Å². The Kier molecular flexibility index (Phi) is 6.53. The first-order valence-corrected chi connectivity index (χ1v) is 12.0. The molecule has 1 heterocycles. The van der Waals surface area contributed by atoms with Gasteiger partial charge in [-0.2, -0.15) is 0 Å². The average molecular weight is 464 g/mol. The molecule has 4 nitrogen and oxygen atoms in total. The van der Waals surface area contributed by atoms with Gasteiger partial charge in [-0.25, -0.2) is 0 Å². The Morgan fingerprint density at radius 3 is 2.06 bits per heavy atom. The largest absolute Gasteiger partial charge is 0.497 e. The minimum Gasteiger partial charge on any atom is -0.497 e. The van der Waals surface area contributed by atoms with Gasteiger partial charge in [0.1, 0.15) is 11.5 Å². The Morgan fingerprint density at radius 2 is 1.46 bits per heavy atom. The van der Waals surface area contributed by atoms with Crippen molar-refractivity contribution in [1.29, 1.82) is 0 Å². The normalized spacial score (nSPS) is 15.0. The molecule has 0 spiro atoms. The summed E-state index contributed by atoms with van der Waals surface area (Å²) in [6.07, 6.45) is 9.60. The van der Waals surface area contributed by atoms with Crippen LogP contribution in [0.3, 0.4) is 0 Å². The summed E-state index contributed by atoms with van der Waals surface area (Å²) in [6.45, 7) is 1.42. The number of rotatable bonds is 4. The molecule has 0 aromatic heterocycles. The first-order valence-electron chi connectivity index (χ1n) is 12.0. The lowest BCUT2D eigenvalue weighted by Gasteiger charge is -2.30. The number of hydrogen-bond acceptors (Lipinski definition) is 3. The number of nitrogens with zero attached hydrogens (tertiary/aromatic N) is 1. The number of likely N-dealkylation sites (tertiary alicyclic amines) is 1. The fraction of sp³-hybridized carbons (Fsp3) is 0.194. The molecule has 1 aliphatic heterocycles. The van der Waals surface area contributed by atoms with Gasteiger partial charge >= 0.3 is 0 Å². The second-order valence-electron chi connectivity index (χ2n) is 8.75. The van der Waals surface area contributed by atoms with Gasteiger partial charge in [-0.05, 0) is 58.9 Å². The number of amides is 1. The number of fused-ring (bicyclic) bond motifs is 2. The third-order valence-corrected chi connectivity index (χ3v) is 6.78. The zero-order valence-corrected chi connectivity index (χ0v) is 20.2. The molecule has 1 saturated heterocycles. The van der Waals surface area contributed by atoms with Crippen LogP contribution in [0.1, 0.15) is 40.7 Å². The fourth-order valence-corrected chi connectivity index (χ4v) is 4.92. The molecule has 0 saturated carbocycles. The molecule has 1 amide bonds. The molecule has 0 bridgehead atoms. The van der Waals surface area contributed by atoms with Crippen molar-refractivity contribution in [1.82, 2.24) is 4.90 Å². The van der Waals surface area contributed by atoms with Crippen molar-refractivity contribution in [2.45, 2.75) is 12.8 Å². The van der Waals surface area contributed by atoms with Crippen LogP contribution in [0.25, 0.3) is 23.8 Å². The summed E-state index contributed by atoms with van der Waals surface area (Å²) in [7, 11) is 3.24. The summed E-state index contributed by atoms with van der Waals surface area (Å²) in [5, 5.41) is 0. The quantitative estimate of drug-likeness (QED) is 0.332. The van der Waals surface area contributed by atoms with Crippen LogP contribution in [0, 0.1) is 0 Å². The standard InChI is InChI=1S/C31H29NO3/c1-34-26-15-13-24(29(21-26)35-2)14-16-30(33)32-19-17-25(18-20-32)31-27-9-5-3-7-22(27)11-12-23-8-4-6-10-28(23)31/h3-16,21H,17-20H2,1-2H3/b16-14+. The predicted molar refractivity (Wildman–Crippen MR) is 142 cm³/mol. The number of hydrogen-bond donors (Lipinski definition) is 0. The van der Waals surface area contributed by atoms with E-state index in [1.165, 1.54) is 33.4 Å². The Bertz CT molecular complexity index is 1290. The maximum atomic E-state index is 13.0. The SMILES string of the molecule is COc1ccc(/C=C/C(=O)N2CCC(=C3c4ccccc4C=Cc4ccccc43)CC2)c(OC)c1. The highest BCUT2D eigenvalue weighted by Crippen LogP contribution is 2.38. The zero-order chi connectivity index (χ0) is 24.2. The van der Waals surface area contributed by atoms with Gasteiger partial charge in [0, 0.05) is 30.8 Å². The van der Waals surface area contributed by atoms with Gasteiger partial charge in [0.05, 0.1) is 14.2 Å². The minimum absolute atomic E-state index is 0.0234. The number of methoxy groups -OCH3 is 2. The summed E-state index contributed by atoms with van der Waals surface area (Å²) in [5.74, 6) is 1.42. The molecular formula is C31H29NO3. The molecule has 176 valence electrons. The summed E-state index contributed by atoms with van der Waals surface area (Å²) >= 11 is 0. The molecule has 3 aromatic rings. The van der Waals surface area contributed by atoms with E-state index in [0.29, 0.717) is 18.8 Å². The van der Waals surface area contributed by atoms with E-state index in [2.05, 4.69) is 60.7 Å². The van der Waals surface area contributed by atoms with E-state index in [1.807, 2.05) is 29.2 Å². The number of carbonyl (C=O) groups is 1. The zero-order valence-electron chi connectivity index (χ0n) is 20.2. The minimum atomic E-state index is 0.0234. The van der Waals surface area contributed by atoms with Crippen LogP contribution in [0.15, 0.2) is 78.4 Å². The van der Waals surface area contributed by atoms with Gasteiger partial charge in [0.25, 0.3) is 0 Å². The summed E-state index contributed by atoms with van der Waals surface area (Å²) in [4.78, 5) is 14.9. The molecule has 35 heavy (non-hydrogen) atoms. The van der Waals surface area contributed by atoms with Crippen molar-refractivity contribution in [3.05, 3.63) is 106 Å². The number of ether oxygens (including phenoxy) is 2. The molecule has 5 rings (SSSR count). The maximum Gasteiger partial charge on any atom is 0.246 e. The smallest absolute Gasteiger partial charge is 0.246 e. The Hall–Kier alpha value is -4.05. The van der Waals surface area contributed by atoms with Crippen LogP contribution in [-0.2, 0) is 4.79 Å². The van der Waals surface area contributed by atoms with E-state index in [4.69, 9.17) is 9.47 Å². The van der Waals surface area contributed by atoms with Crippen molar-refractivity contribution < 1.29 is 14.3 Å². The maximum absolute atomic E-state index is 13.0. The lowest BCUT2D eigenvalue weighted by Crippen LogP contribution is -2.35. The fourth-order valence-electron chi connectivity index (χ4n) is 4.92. The number of piperidine rings is 1. The van der Waals surface area contributed by atoms with Crippen molar-refractivity contribution in [2.75, 3.05) is 27.3 Å². The predicted octanol–water partition coefficient (Wildman–Crippen LogP) is 6.33. The van der Waals surface area contributed by atoms with E-state index in [9.17, 15) is 4.79 Å². The Morgan fingerprint density at radius 1 is 0.829 bits per heavy atom. The highest BCUT2D eigenvalue weighted by atomic mass is 16.5. The third-order valence-electron chi connectivity index (χ3n) is 6.78. The molecular weight excluding hydrogens is 434 g/mol. The van der Waals surface area contributed by atoms with E-state index in [0.717, 1.165) is 24.2 Å². The number of carbonyl (C=O) groups excluding carboxylic acids is 1. The lowest BCUT2D eigenvalue weighted by atomic mass is 9.86. The van der Waals surface area contributed by atoms with Gasteiger partial charge in [0.15, 0.2) is 0 Å². The number of benzene rings is 3. The molecule has 0 N–H and O–H groups in total. The molecule has 0 unspecified atom stereocenters. The van der Waals surface area contributed by atoms with E-state index >= 15 is 0 Å². The highest BCUT2D eigenvalue weighted by Gasteiger charge is 2.23. The van der Waals surface area contributed by atoms with E-state index < -0.39 is 0 Å². The van der Waals surface area contributed by atoms with Crippen LogP contribution >= 0.6 is 0 Å². The molecule has 0 radical (unpaired) electrons. The third kappa shape index (κ3) is 4.65. The van der Waals surface area contributed by atoms with E-state index in [1.54, 1.807) is 20.3 Å². The van der Waals surface area contributed by atoms with Crippen molar-refractivity contribution >= 4 is 29.7 Å². The Labute approximate surface area is 206 Å². The first kappa shape index (κ1) is 22.7. The van der Waals surface area contributed by atoms with E-state index in [-0.39, 0.29) is 5.91 Å². The monoisotopic (exact) mass is 463 g/mol. The molecule has 1 fully saturated rings. The van der Waals surface area contributed by atoms with Crippen LogP contribution in [-0.4, -0.2) is 38.1 Å². The highest BCUT2D eigenvalue weighted by molar-refractivity contribution is 5.95. The second-order valence-corrected chi connectivity index (χ2v) is 8.75. The van der Waals surface area contributed by atoms with Gasteiger partial charge in [-0.1, -0.05) is 66.3 Å². The molecule has 0 atom stereocenters. The van der Waals surface area contributed by atoms with Gasteiger partial charge in [-0.15, -0.1) is 0 Å². The molecule has 3 aromatic carbocycles. The summed E-state index contributed by atoms with van der Waals surface area (Å²) in [6, 6.07) is 22.8. The summed E-state index contributed by atoms with van der Waals surface area (Å²) in [5.41, 5.74) is 8.61. The van der Waals surface area contributed by atoms with Crippen LogP contribution in [0.4, 0.5) is 0 Å². The van der Waals surface area contributed by atoms with Crippen molar-refractivity contribution in [3.8, 4) is 11.5 Å². The topological polar surface area (TPSA) is 38.8 Å². The van der Waals surface area contributed by atoms with Crippen molar-refractivity contribution in [3.63, 3.8) is 0 Å². The Balaban J connectivity index is 1.37. The van der Waals surface area contributed by atoms with Crippen LogP contribution in [0.5, 0.6) is 11.5 Å².